The van der Waals surface area contributed by atoms with Crippen LogP contribution < -0.4 is 4.90 Å². The molecule has 0 fully saturated rings. The number of fused-ring (bicyclic) bond motifs is 8. The van der Waals surface area contributed by atoms with Gasteiger partial charge in [-0.15, -0.1) is 0 Å². The number of allylic oxidation sites excluding steroid dienone is 4. The minimum absolute atomic E-state index is 0.471. The van der Waals surface area contributed by atoms with Gasteiger partial charge in [0.15, 0.2) is 17.5 Å². The van der Waals surface area contributed by atoms with E-state index in [0.717, 1.165) is 35.2 Å². The Kier molecular flexibility index (Phi) is 6.50. The van der Waals surface area contributed by atoms with Gasteiger partial charge in [-0.3, -0.25) is 0 Å². The number of rotatable bonds is 4. The topological polar surface area (TPSA) is 41.9 Å². The van der Waals surface area contributed by atoms with Crippen molar-refractivity contribution in [3.05, 3.63) is 198 Å². The molecule has 50 heavy (non-hydrogen) atoms. The largest absolute Gasteiger partial charge is 0.310 e. The lowest BCUT2D eigenvalue weighted by Gasteiger charge is -2.46. The molecule has 0 saturated carbocycles. The smallest absolute Gasteiger partial charge is 0.164 e. The average Bonchev–Trinajstić information content (AvgIpc) is 3.50. The molecule has 1 aliphatic heterocycles. The molecule has 2 aliphatic carbocycles. The van der Waals surface area contributed by atoms with E-state index in [4.69, 9.17) is 15.0 Å². The van der Waals surface area contributed by atoms with Crippen LogP contribution >= 0.6 is 0 Å². The highest BCUT2D eigenvalue weighted by Crippen LogP contribution is 2.64. The molecule has 236 valence electrons. The second-order valence-corrected chi connectivity index (χ2v) is 13.1. The quantitative estimate of drug-likeness (QED) is 0.192. The Bertz CT molecular complexity index is 2380. The van der Waals surface area contributed by atoms with Crippen molar-refractivity contribution < 1.29 is 0 Å². The van der Waals surface area contributed by atoms with Crippen LogP contribution in [0.15, 0.2) is 175 Å². The van der Waals surface area contributed by atoms with Gasteiger partial charge in [0.05, 0.1) is 16.8 Å². The Hall–Kier alpha value is -6.39. The van der Waals surface area contributed by atoms with Crippen LogP contribution in [0.1, 0.15) is 35.1 Å². The van der Waals surface area contributed by atoms with E-state index in [-0.39, 0.29) is 0 Å². The van der Waals surface area contributed by atoms with Gasteiger partial charge >= 0.3 is 0 Å². The maximum Gasteiger partial charge on any atom is 0.164 e. The summed E-state index contributed by atoms with van der Waals surface area (Å²) in [4.78, 5) is 17.9. The number of hydrogen-bond acceptors (Lipinski definition) is 4. The lowest BCUT2D eigenvalue weighted by atomic mass is 9.62. The first-order valence-electron chi connectivity index (χ1n) is 17.3. The molecule has 1 spiro atoms. The highest BCUT2D eigenvalue weighted by Gasteiger charge is 2.53. The zero-order valence-electron chi connectivity index (χ0n) is 27.4. The standard InChI is InChI=1S/C46H32N4/c1-4-17-31(18-5-1)43-47-44(32-19-6-2-7-20-32)49-45(48-43)35-24-16-28-39-42(35)34-23-10-11-25-36(34)46(39)37-26-12-14-29-40(37)50(33-21-8-3-9-22-33)41-30-15-13-27-38(41)46/h1-10,12-24,26-30H,11,25H2. The van der Waals surface area contributed by atoms with E-state index in [1.54, 1.807) is 0 Å². The van der Waals surface area contributed by atoms with Crippen LogP contribution in [0.25, 0.3) is 39.7 Å². The van der Waals surface area contributed by atoms with E-state index in [0.29, 0.717) is 17.5 Å². The summed E-state index contributed by atoms with van der Waals surface area (Å²) >= 11 is 0. The summed E-state index contributed by atoms with van der Waals surface area (Å²) in [5, 5.41) is 0. The molecule has 0 N–H and O–H groups in total. The molecule has 0 unspecified atom stereocenters. The number of hydrogen-bond donors (Lipinski definition) is 0. The molecule has 0 amide bonds. The summed E-state index contributed by atoms with van der Waals surface area (Å²) < 4.78 is 0. The van der Waals surface area contributed by atoms with Crippen LogP contribution in [-0.4, -0.2) is 15.0 Å². The predicted molar refractivity (Wildman–Crippen MR) is 202 cm³/mol. The number of anilines is 3. The summed E-state index contributed by atoms with van der Waals surface area (Å²) in [6.45, 7) is 0. The molecule has 2 heterocycles. The highest BCUT2D eigenvalue weighted by atomic mass is 15.2. The zero-order chi connectivity index (χ0) is 33.1. The molecule has 1 aromatic heterocycles. The van der Waals surface area contributed by atoms with E-state index in [2.05, 4.69) is 138 Å². The number of aromatic nitrogens is 3. The molecule has 0 radical (unpaired) electrons. The number of nitrogens with zero attached hydrogens (tertiary/aromatic N) is 4. The first kappa shape index (κ1) is 28.6. The normalized spacial score (nSPS) is 15.0. The third kappa shape index (κ3) is 4.15. The summed E-state index contributed by atoms with van der Waals surface area (Å²) in [6, 6.07) is 55.9. The van der Waals surface area contributed by atoms with Gasteiger partial charge in [0, 0.05) is 22.4 Å². The van der Waals surface area contributed by atoms with Crippen LogP contribution in [0.2, 0.25) is 0 Å². The molecule has 0 bridgehead atoms. The summed E-state index contributed by atoms with van der Waals surface area (Å²) in [5.74, 6) is 2.01. The van der Waals surface area contributed by atoms with Crippen molar-refractivity contribution in [2.24, 2.45) is 0 Å². The van der Waals surface area contributed by atoms with E-state index in [1.165, 1.54) is 44.8 Å². The monoisotopic (exact) mass is 640 g/mol. The van der Waals surface area contributed by atoms with Gasteiger partial charge in [0.25, 0.3) is 0 Å². The molecular formula is C46H32N4. The number of para-hydroxylation sites is 3. The third-order valence-electron chi connectivity index (χ3n) is 10.4. The van der Waals surface area contributed by atoms with Crippen molar-refractivity contribution in [3.8, 4) is 34.2 Å². The van der Waals surface area contributed by atoms with Crippen molar-refractivity contribution in [2.75, 3.05) is 4.90 Å². The minimum atomic E-state index is -0.471. The van der Waals surface area contributed by atoms with Crippen molar-refractivity contribution in [3.63, 3.8) is 0 Å². The van der Waals surface area contributed by atoms with E-state index >= 15 is 0 Å². The van der Waals surface area contributed by atoms with Crippen molar-refractivity contribution in [1.82, 2.24) is 15.0 Å². The molecule has 7 aromatic rings. The molecule has 10 rings (SSSR count). The van der Waals surface area contributed by atoms with Crippen LogP contribution in [-0.2, 0) is 5.41 Å². The van der Waals surface area contributed by atoms with E-state index in [1.807, 2.05) is 36.4 Å². The van der Waals surface area contributed by atoms with Gasteiger partial charge in [-0.1, -0.05) is 146 Å². The van der Waals surface area contributed by atoms with Gasteiger partial charge in [-0.25, -0.2) is 15.0 Å². The fourth-order valence-corrected chi connectivity index (χ4v) is 8.44. The molecule has 4 heteroatoms. The van der Waals surface area contributed by atoms with E-state index < -0.39 is 5.41 Å². The van der Waals surface area contributed by atoms with Gasteiger partial charge in [-0.05, 0) is 70.5 Å². The van der Waals surface area contributed by atoms with Crippen molar-refractivity contribution in [2.45, 2.75) is 18.3 Å². The Labute approximate surface area is 291 Å². The maximum atomic E-state index is 5.21. The van der Waals surface area contributed by atoms with Gasteiger partial charge in [0.2, 0.25) is 0 Å². The Morgan fingerprint density at radius 2 is 1.00 bits per heavy atom. The minimum Gasteiger partial charge on any atom is -0.310 e. The molecular weight excluding hydrogens is 609 g/mol. The SMILES string of the molecule is C1=CC2=C(CC1)C1(c3ccccc3N(c3ccccc3)c3ccccc31)c1cccc(-c3nc(-c4ccccc4)nc(-c4ccccc4)n3)c12. The summed E-state index contributed by atoms with van der Waals surface area (Å²) in [5.41, 5.74) is 13.8. The third-order valence-corrected chi connectivity index (χ3v) is 10.4. The molecule has 0 saturated heterocycles. The first-order valence-corrected chi connectivity index (χ1v) is 17.3. The fourth-order valence-electron chi connectivity index (χ4n) is 8.44. The average molecular weight is 641 g/mol. The predicted octanol–water partition coefficient (Wildman–Crippen LogP) is 11.1. The highest BCUT2D eigenvalue weighted by molar-refractivity contribution is 6.00. The summed E-state index contributed by atoms with van der Waals surface area (Å²) in [7, 11) is 0. The second kappa shape index (κ2) is 11.4. The Morgan fingerprint density at radius 1 is 0.480 bits per heavy atom. The maximum absolute atomic E-state index is 5.21. The van der Waals surface area contributed by atoms with Crippen LogP contribution in [0.3, 0.4) is 0 Å². The fraction of sp³-hybridized carbons (Fsp3) is 0.0652. The lowest BCUT2D eigenvalue weighted by molar-refractivity contribution is 0.687. The van der Waals surface area contributed by atoms with Crippen LogP contribution in [0.5, 0.6) is 0 Å². The molecule has 3 aliphatic rings. The van der Waals surface area contributed by atoms with E-state index in [9.17, 15) is 0 Å². The van der Waals surface area contributed by atoms with Gasteiger partial charge in [0.1, 0.15) is 0 Å². The Balaban J connectivity index is 1.28. The molecule has 4 nitrogen and oxygen atoms in total. The van der Waals surface area contributed by atoms with Gasteiger partial charge < -0.3 is 4.90 Å². The van der Waals surface area contributed by atoms with Crippen molar-refractivity contribution >= 4 is 22.6 Å². The Morgan fingerprint density at radius 3 is 1.62 bits per heavy atom. The summed E-state index contributed by atoms with van der Waals surface area (Å²) in [6.07, 6.45) is 6.64. The van der Waals surface area contributed by atoms with Crippen LogP contribution in [0.4, 0.5) is 17.1 Å². The van der Waals surface area contributed by atoms with Crippen molar-refractivity contribution in [1.29, 1.82) is 0 Å². The van der Waals surface area contributed by atoms with Gasteiger partial charge in [-0.2, -0.15) is 0 Å². The second-order valence-electron chi connectivity index (χ2n) is 13.1. The molecule has 0 atom stereocenters. The van der Waals surface area contributed by atoms with Crippen LogP contribution in [0, 0.1) is 0 Å². The number of benzene rings is 6. The lowest BCUT2D eigenvalue weighted by Crippen LogP contribution is -2.37. The first-order chi connectivity index (χ1) is 24.8. The molecule has 6 aromatic carbocycles. The zero-order valence-corrected chi connectivity index (χ0v) is 27.4.